The molecule has 1 N–H and O–H groups in total. The summed E-state index contributed by atoms with van der Waals surface area (Å²) in [7, 11) is -4.28. The second-order valence-electron chi connectivity index (χ2n) is 8.92. The molecule has 0 radical (unpaired) electrons. The summed E-state index contributed by atoms with van der Waals surface area (Å²) in [4.78, 5) is 27.6. The van der Waals surface area contributed by atoms with Gasteiger partial charge in [0.1, 0.15) is 24.2 Å². The Bertz CT molecular complexity index is 1350. The molecule has 2 amide bonds. The van der Waals surface area contributed by atoms with Gasteiger partial charge >= 0.3 is 0 Å². The van der Waals surface area contributed by atoms with Crippen LogP contribution in [0.15, 0.2) is 77.7 Å². The van der Waals surface area contributed by atoms with Crippen molar-refractivity contribution < 1.29 is 26.8 Å². The third-order valence-electron chi connectivity index (χ3n) is 5.99. The molecule has 0 fully saturated rings. The van der Waals surface area contributed by atoms with Crippen molar-refractivity contribution in [3.63, 3.8) is 0 Å². The number of anilines is 1. The smallest absolute Gasteiger partial charge is 0.264 e. The van der Waals surface area contributed by atoms with Crippen LogP contribution in [0.4, 0.5) is 14.5 Å². The predicted octanol–water partition coefficient (Wildman–Crippen LogP) is 4.41. The summed E-state index contributed by atoms with van der Waals surface area (Å²) in [6.45, 7) is 5.04. The molecule has 0 bridgehead atoms. The zero-order valence-electron chi connectivity index (χ0n) is 21.5. The molecule has 0 aliphatic heterocycles. The van der Waals surface area contributed by atoms with Crippen LogP contribution in [-0.4, -0.2) is 44.3 Å². The van der Waals surface area contributed by atoms with Crippen molar-refractivity contribution in [1.82, 2.24) is 10.2 Å². The molecular weight excluding hydrogens is 512 g/mol. The highest BCUT2D eigenvalue weighted by atomic mass is 32.2. The molecular formula is C28H31F2N3O4S. The summed E-state index contributed by atoms with van der Waals surface area (Å²) in [5.74, 6) is -2.08. The molecule has 3 rings (SSSR count). The van der Waals surface area contributed by atoms with Crippen LogP contribution in [0.5, 0.6) is 0 Å². The first-order chi connectivity index (χ1) is 18.0. The van der Waals surface area contributed by atoms with Gasteiger partial charge in [0.2, 0.25) is 11.8 Å². The quantitative estimate of drug-likeness (QED) is 0.388. The second kappa shape index (κ2) is 12.6. The molecule has 202 valence electrons. The van der Waals surface area contributed by atoms with Crippen LogP contribution in [-0.2, 0) is 26.2 Å². The average Bonchev–Trinajstić information content (AvgIpc) is 2.90. The lowest BCUT2D eigenvalue weighted by Gasteiger charge is -2.32. The van der Waals surface area contributed by atoms with E-state index < -0.39 is 46.1 Å². The van der Waals surface area contributed by atoms with Gasteiger partial charge in [-0.1, -0.05) is 36.8 Å². The van der Waals surface area contributed by atoms with Gasteiger partial charge in [-0.3, -0.25) is 13.9 Å². The molecule has 38 heavy (non-hydrogen) atoms. The maximum atomic E-state index is 13.7. The lowest BCUT2D eigenvalue weighted by molar-refractivity contribution is -0.139. The topological polar surface area (TPSA) is 86.8 Å². The first kappa shape index (κ1) is 28.8. The molecule has 1 atom stereocenters. The predicted molar refractivity (Wildman–Crippen MR) is 142 cm³/mol. The number of nitrogens with one attached hydrogen (secondary N) is 1. The molecule has 7 nitrogen and oxygen atoms in total. The lowest BCUT2D eigenvalue weighted by atomic mass is 10.1. The van der Waals surface area contributed by atoms with Crippen LogP contribution in [0.25, 0.3) is 0 Å². The number of carbonyl (C=O) groups excluding carboxylic acids is 2. The van der Waals surface area contributed by atoms with Crippen LogP contribution < -0.4 is 9.62 Å². The van der Waals surface area contributed by atoms with Gasteiger partial charge in [-0.15, -0.1) is 0 Å². The Balaban J connectivity index is 2.00. The summed E-state index contributed by atoms with van der Waals surface area (Å²) in [6, 6.07) is 15.5. The molecule has 0 heterocycles. The van der Waals surface area contributed by atoms with E-state index in [4.69, 9.17) is 0 Å². The molecule has 10 heteroatoms. The van der Waals surface area contributed by atoms with Gasteiger partial charge in [-0.25, -0.2) is 17.2 Å². The Kier molecular flexibility index (Phi) is 9.57. The Morgan fingerprint density at radius 1 is 0.895 bits per heavy atom. The number of rotatable bonds is 11. The van der Waals surface area contributed by atoms with Gasteiger partial charge in [0.05, 0.1) is 10.6 Å². The molecule has 0 saturated carbocycles. The summed E-state index contributed by atoms with van der Waals surface area (Å²) in [5, 5.41) is 2.75. The molecule has 0 aliphatic carbocycles. The van der Waals surface area contributed by atoms with Crippen LogP contribution in [0.1, 0.15) is 31.4 Å². The minimum Gasteiger partial charge on any atom is -0.354 e. The third-order valence-corrected chi connectivity index (χ3v) is 7.77. The van der Waals surface area contributed by atoms with Crippen LogP contribution in [0, 0.1) is 18.6 Å². The number of carbonyl (C=O) groups is 2. The molecule has 3 aromatic carbocycles. The van der Waals surface area contributed by atoms with Gasteiger partial charge < -0.3 is 10.2 Å². The van der Waals surface area contributed by atoms with Crippen LogP contribution >= 0.6 is 0 Å². The number of amides is 2. The fraction of sp³-hybridized carbons (Fsp3) is 0.286. The maximum absolute atomic E-state index is 13.7. The van der Waals surface area contributed by atoms with Gasteiger partial charge in [-0.2, -0.15) is 0 Å². The molecule has 0 unspecified atom stereocenters. The zero-order chi connectivity index (χ0) is 27.9. The number of hydrogen-bond acceptors (Lipinski definition) is 4. The molecule has 0 spiro atoms. The Morgan fingerprint density at radius 2 is 1.45 bits per heavy atom. The number of hydrogen-bond donors (Lipinski definition) is 1. The summed E-state index contributed by atoms with van der Waals surface area (Å²) >= 11 is 0. The van der Waals surface area contributed by atoms with E-state index in [-0.39, 0.29) is 17.1 Å². The molecule has 0 saturated heterocycles. The van der Waals surface area contributed by atoms with E-state index in [0.717, 1.165) is 34.1 Å². The highest BCUT2D eigenvalue weighted by molar-refractivity contribution is 7.92. The highest BCUT2D eigenvalue weighted by Gasteiger charge is 2.32. The maximum Gasteiger partial charge on any atom is 0.264 e. The van der Waals surface area contributed by atoms with E-state index in [0.29, 0.717) is 18.5 Å². The number of nitrogens with zero attached hydrogens (tertiary/aromatic N) is 2. The van der Waals surface area contributed by atoms with Gasteiger partial charge in [-0.05, 0) is 74.4 Å². The van der Waals surface area contributed by atoms with Gasteiger partial charge in [0, 0.05) is 13.1 Å². The van der Waals surface area contributed by atoms with E-state index in [1.54, 1.807) is 31.2 Å². The second-order valence-corrected chi connectivity index (χ2v) is 10.8. The number of halogens is 2. The van der Waals surface area contributed by atoms with Crippen molar-refractivity contribution in [2.45, 2.75) is 44.7 Å². The fourth-order valence-electron chi connectivity index (χ4n) is 3.74. The summed E-state index contributed by atoms with van der Waals surface area (Å²) < 4.78 is 55.2. The lowest BCUT2D eigenvalue weighted by Crippen LogP contribution is -2.51. The minimum absolute atomic E-state index is 0.0435. The monoisotopic (exact) mass is 543 g/mol. The largest absolute Gasteiger partial charge is 0.354 e. The van der Waals surface area contributed by atoms with Crippen molar-refractivity contribution in [3.8, 4) is 0 Å². The number of aryl methyl sites for hydroxylation is 1. The first-order valence-corrected chi connectivity index (χ1v) is 13.6. The van der Waals surface area contributed by atoms with Crippen LogP contribution in [0.3, 0.4) is 0 Å². The average molecular weight is 544 g/mol. The van der Waals surface area contributed by atoms with Crippen molar-refractivity contribution in [2.75, 3.05) is 17.4 Å². The van der Waals surface area contributed by atoms with Crippen molar-refractivity contribution >= 4 is 27.5 Å². The molecule has 0 aromatic heterocycles. The van der Waals surface area contributed by atoms with Gasteiger partial charge in [0.15, 0.2) is 0 Å². The van der Waals surface area contributed by atoms with E-state index in [9.17, 15) is 26.8 Å². The molecule has 0 aliphatic rings. The summed E-state index contributed by atoms with van der Waals surface area (Å²) in [5.41, 5.74) is 1.69. The third kappa shape index (κ3) is 7.16. The molecule has 3 aromatic rings. The van der Waals surface area contributed by atoms with E-state index in [1.165, 1.54) is 29.2 Å². The zero-order valence-corrected chi connectivity index (χ0v) is 22.3. The normalized spacial score (nSPS) is 12.0. The fourth-order valence-corrected chi connectivity index (χ4v) is 5.15. The van der Waals surface area contributed by atoms with E-state index in [2.05, 4.69) is 5.32 Å². The number of sulfonamides is 1. The van der Waals surface area contributed by atoms with Crippen molar-refractivity contribution in [1.29, 1.82) is 0 Å². The van der Waals surface area contributed by atoms with Crippen LogP contribution in [0.2, 0.25) is 0 Å². The first-order valence-electron chi connectivity index (χ1n) is 12.2. The van der Waals surface area contributed by atoms with Gasteiger partial charge in [0.25, 0.3) is 10.0 Å². The van der Waals surface area contributed by atoms with E-state index >= 15 is 0 Å². The van der Waals surface area contributed by atoms with E-state index in [1.807, 2.05) is 13.8 Å². The van der Waals surface area contributed by atoms with Crippen molar-refractivity contribution in [2.24, 2.45) is 0 Å². The minimum atomic E-state index is -4.28. The summed E-state index contributed by atoms with van der Waals surface area (Å²) in [6.07, 6.45) is 0.696. The highest BCUT2D eigenvalue weighted by Crippen LogP contribution is 2.25. The Hall–Kier alpha value is -3.79. The Labute approximate surface area is 222 Å². The SMILES string of the molecule is CCCNC(=O)[C@H](C)N(Cc1ccc(F)cc1)C(=O)CN(c1ccc(C)cc1)S(=O)(=O)c1ccc(F)cc1. The Morgan fingerprint density at radius 3 is 2.00 bits per heavy atom. The van der Waals surface area contributed by atoms with Crippen molar-refractivity contribution in [3.05, 3.63) is 95.6 Å². The number of benzene rings is 3. The standard InChI is InChI=1S/C28H31F2N3O4S/c1-4-17-31-28(35)21(3)32(18-22-7-9-23(29)10-8-22)27(34)19-33(25-13-5-20(2)6-14-25)38(36,37)26-15-11-24(30)12-16-26/h5-16,21H,4,17-19H2,1-3H3,(H,31,35)/t21-/m0/s1.